The molecule has 1 aliphatic rings. The van der Waals surface area contributed by atoms with Crippen LogP contribution in [0.4, 0.5) is 0 Å². The number of nitrogens with one attached hydrogen (secondary N) is 2. The predicted molar refractivity (Wildman–Crippen MR) is 62.5 cm³/mol. The molecule has 0 aromatic heterocycles. The second-order valence-electron chi connectivity index (χ2n) is 2.69. The maximum Gasteiger partial charge on any atom is -0.0535 e. The third-order valence-electron chi connectivity index (χ3n) is 1.71. The van der Waals surface area contributed by atoms with Gasteiger partial charge < -0.3 is 11.5 Å². The first-order chi connectivity index (χ1) is 5.12. The minimum Gasteiger partial charge on any atom is -0.690 e. The molecule has 0 bridgehead atoms. The predicted octanol–water partition coefficient (Wildman–Crippen LogP) is 4.52. The molecule has 1 rings (SSSR count). The van der Waals surface area contributed by atoms with Crippen LogP contribution in [0.1, 0.15) is 32.1 Å². The van der Waals surface area contributed by atoms with Crippen LogP contribution >= 0.6 is 38.7 Å². The molecule has 1 aliphatic carbocycles. The van der Waals surface area contributed by atoms with Crippen molar-refractivity contribution in [3.63, 3.8) is 0 Å². The minimum absolute atomic E-state index is 0.523. The fourth-order valence-electron chi connectivity index (χ4n) is 1.16. The standard InChI is InChI=1S/C6H12N2.2HI.Pt/c7-6(8)4-2-1-3-5-6;;;/h7-8H,1-5H2;2*1H;/q-2;;;+4/p-2. The third kappa shape index (κ3) is 8.40. The van der Waals surface area contributed by atoms with E-state index in [1.54, 1.807) is 0 Å². The van der Waals surface area contributed by atoms with Crippen LogP contribution in [0.25, 0.3) is 11.5 Å². The number of rotatable bonds is 0. The van der Waals surface area contributed by atoms with Crippen molar-refractivity contribution in [3.8, 4) is 0 Å². The van der Waals surface area contributed by atoms with Crippen molar-refractivity contribution >= 4 is 38.7 Å². The normalized spacial score (nSPS) is 22.2. The molecule has 0 aliphatic heterocycles. The van der Waals surface area contributed by atoms with Gasteiger partial charge >= 0.3 is 49.9 Å². The van der Waals surface area contributed by atoms with Gasteiger partial charge in [-0.3, -0.25) is 0 Å². The second-order valence-corrected chi connectivity index (χ2v) is 19.3. The largest absolute Gasteiger partial charge is 0.690 e. The van der Waals surface area contributed by atoms with E-state index in [9.17, 15) is 0 Å². The Balaban J connectivity index is 0.000000292. The summed E-state index contributed by atoms with van der Waals surface area (Å²) in [4.78, 5) is 0. The van der Waals surface area contributed by atoms with Crippen molar-refractivity contribution in [1.29, 1.82) is 0 Å². The van der Waals surface area contributed by atoms with Crippen LogP contribution in [-0.4, -0.2) is 5.66 Å². The van der Waals surface area contributed by atoms with E-state index in [2.05, 4.69) is 38.7 Å². The summed E-state index contributed by atoms with van der Waals surface area (Å²) in [7, 11) is 0. The molecule has 0 heterocycles. The first-order valence-electron chi connectivity index (χ1n) is 3.45. The molecule has 2 nitrogen and oxygen atoms in total. The number of halogens is 2. The molecule has 0 radical (unpaired) electrons. The summed E-state index contributed by atoms with van der Waals surface area (Å²) in [6.45, 7) is 0. The summed E-state index contributed by atoms with van der Waals surface area (Å²) in [5.74, 6) is 0. The van der Waals surface area contributed by atoms with E-state index in [-0.39, 0.29) is 0 Å². The Kier molecular flexibility index (Phi) is 8.87. The average molecular weight is 561 g/mol. The molecule has 0 unspecified atom stereocenters. The van der Waals surface area contributed by atoms with Crippen LogP contribution in [0.2, 0.25) is 0 Å². The van der Waals surface area contributed by atoms with Gasteiger partial charge in [0, 0.05) is 0 Å². The van der Waals surface area contributed by atoms with Gasteiger partial charge in [0.15, 0.2) is 0 Å². The van der Waals surface area contributed by atoms with Crippen molar-refractivity contribution < 1.29 is 11.2 Å². The molecule has 1 saturated carbocycles. The van der Waals surface area contributed by atoms with Crippen LogP contribution < -0.4 is 0 Å². The third-order valence-corrected chi connectivity index (χ3v) is 1.71. The fourth-order valence-corrected chi connectivity index (χ4v) is 1.16. The summed E-state index contributed by atoms with van der Waals surface area (Å²) >= 11 is 5.30. The van der Waals surface area contributed by atoms with E-state index in [4.69, 9.17) is 11.5 Å². The summed E-state index contributed by atoms with van der Waals surface area (Å²) in [6, 6.07) is 0. The van der Waals surface area contributed by atoms with Crippen LogP contribution in [-0.2, 0) is 11.2 Å². The van der Waals surface area contributed by atoms with Crippen LogP contribution in [0.5, 0.6) is 0 Å². The molecular weight excluding hydrogens is 549 g/mol. The van der Waals surface area contributed by atoms with E-state index in [1.165, 1.54) is 6.42 Å². The van der Waals surface area contributed by atoms with Crippen molar-refractivity contribution in [2.45, 2.75) is 37.8 Å². The maximum atomic E-state index is 7.29. The molecule has 11 heavy (non-hydrogen) atoms. The molecule has 0 aromatic rings. The molecule has 0 spiro atoms. The van der Waals surface area contributed by atoms with Crippen LogP contribution in [0.3, 0.4) is 0 Å². The monoisotopic (exact) mass is 561 g/mol. The van der Waals surface area contributed by atoms with E-state index in [0.29, 0.717) is 11.2 Å². The zero-order valence-electron chi connectivity index (χ0n) is 6.11. The smallest absolute Gasteiger partial charge is 0.0535 e. The Morgan fingerprint density at radius 1 is 1.00 bits per heavy atom. The van der Waals surface area contributed by atoms with Gasteiger partial charge in [0.2, 0.25) is 0 Å². The van der Waals surface area contributed by atoms with Crippen LogP contribution in [0.15, 0.2) is 0 Å². The molecule has 0 saturated heterocycles. The van der Waals surface area contributed by atoms with E-state index in [1.807, 2.05) is 0 Å². The molecule has 70 valence electrons. The number of hydrogen-bond acceptors (Lipinski definition) is 0. The minimum atomic E-state index is -0.821. The maximum absolute atomic E-state index is 7.29. The Hall–Kier alpha value is 2.07. The van der Waals surface area contributed by atoms with Gasteiger partial charge in [0.25, 0.3) is 0 Å². The molecular formula is C6H12I2N2Pt. The van der Waals surface area contributed by atoms with Crippen molar-refractivity contribution in [2.75, 3.05) is 0 Å². The topological polar surface area (TPSA) is 47.6 Å². The van der Waals surface area contributed by atoms with E-state index >= 15 is 0 Å². The second kappa shape index (κ2) is 7.47. The summed E-state index contributed by atoms with van der Waals surface area (Å²) in [6.07, 6.45) is 4.99. The van der Waals surface area contributed by atoms with Gasteiger partial charge in [-0.1, -0.05) is 32.1 Å². The van der Waals surface area contributed by atoms with E-state index < -0.39 is 5.66 Å². The SMILES string of the molecule is [I][Pt+2][I].[NH-]C1([NH-])CCCCC1. The van der Waals surface area contributed by atoms with Gasteiger partial charge in [-0.05, 0) is 0 Å². The Morgan fingerprint density at radius 3 is 1.55 bits per heavy atom. The number of hydrogen-bond donors (Lipinski definition) is 0. The molecule has 2 N–H and O–H groups in total. The summed E-state index contributed by atoms with van der Waals surface area (Å²) in [5, 5.41) is 0. The quantitative estimate of drug-likeness (QED) is 0.391. The van der Waals surface area contributed by atoms with Gasteiger partial charge in [-0.25, -0.2) is 5.66 Å². The van der Waals surface area contributed by atoms with Gasteiger partial charge in [0.1, 0.15) is 0 Å². The Bertz CT molecular complexity index is 92.6. The zero-order chi connectivity index (χ0) is 8.74. The molecule has 5 heteroatoms. The Morgan fingerprint density at radius 2 is 1.36 bits per heavy atom. The first-order valence-corrected chi connectivity index (χ1v) is 16.3. The van der Waals surface area contributed by atoms with Crippen molar-refractivity contribution in [3.05, 3.63) is 11.5 Å². The Labute approximate surface area is 97.8 Å². The summed E-state index contributed by atoms with van der Waals surface area (Å²) < 4.78 is 0. The molecule has 1 fully saturated rings. The average Bonchev–Trinajstić information content (AvgIpc) is 1.88. The van der Waals surface area contributed by atoms with Gasteiger partial charge in [-0.2, -0.15) is 0 Å². The van der Waals surface area contributed by atoms with E-state index in [0.717, 1.165) is 25.7 Å². The molecule has 0 aromatic carbocycles. The zero-order valence-corrected chi connectivity index (χ0v) is 12.7. The van der Waals surface area contributed by atoms with Crippen LogP contribution in [0, 0.1) is 0 Å². The van der Waals surface area contributed by atoms with Crippen molar-refractivity contribution in [2.24, 2.45) is 0 Å². The molecule has 0 amide bonds. The molecule has 0 atom stereocenters. The van der Waals surface area contributed by atoms with Crippen molar-refractivity contribution in [1.82, 2.24) is 0 Å². The van der Waals surface area contributed by atoms with Gasteiger partial charge in [-0.15, -0.1) is 0 Å². The fraction of sp³-hybridized carbons (Fsp3) is 1.00. The summed E-state index contributed by atoms with van der Waals surface area (Å²) in [5.41, 5.74) is 13.8. The van der Waals surface area contributed by atoms with Gasteiger partial charge in [0.05, 0.1) is 0 Å². The first kappa shape index (κ1) is 13.1.